The van der Waals surface area contributed by atoms with Crippen LogP contribution in [0, 0.1) is 5.92 Å². The second-order valence-electron chi connectivity index (χ2n) is 9.03. The summed E-state index contributed by atoms with van der Waals surface area (Å²) in [5.41, 5.74) is 1.84. The van der Waals surface area contributed by atoms with Gasteiger partial charge in [-0.05, 0) is 56.0 Å². The van der Waals surface area contributed by atoms with Crippen molar-refractivity contribution in [3.05, 3.63) is 58.5 Å². The molecule has 1 saturated heterocycles. The van der Waals surface area contributed by atoms with Gasteiger partial charge < -0.3 is 24.4 Å². The lowest BCUT2D eigenvalue weighted by Gasteiger charge is -2.44. The number of para-hydroxylation sites is 1. The standard InChI is InChI=1S/C28H34N2O5S/c1-5-35-23-12-10-18(14-24(23)34-4)15-26-28(32)30(2)21-16-19(11-13-25(21)36-26)27(31)29-17-20-8-6-7-9-22(20)33-3/h6-10,12,14-15,19,21,25H,5,11,13,16-17H2,1-4H3,(H,29,31)/b26-15+. The number of ether oxygens (including phenoxy) is 3. The number of nitrogens with zero attached hydrogens (tertiary/aromatic N) is 1. The number of methoxy groups -OCH3 is 2. The van der Waals surface area contributed by atoms with Crippen molar-refractivity contribution in [1.82, 2.24) is 10.2 Å². The van der Waals surface area contributed by atoms with Crippen LogP contribution in [-0.2, 0) is 16.1 Å². The van der Waals surface area contributed by atoms with Crippen LogP contribution in [0.25, 0.3) is 6.08 Å². The first-order chi connectivity index (χ1) is 17.4. The van der Waals surface area contributed by atoms with Crippen molar-refractivity contribution < 1.29 is 23.8 Å². The molecular weight excluding hydrogens is 476 g/mol. The highest BCUT2D eigenvalue weighted by atomic mass is 32.2. The van der Waals surface area contributed by atoms with Crippen molar-refractivity contribution >= 4 is 29.7 Å². The fraction of sp³-hybridized carbons (Fsp3) is 0.429. The van der Waals surface area contributed by atoms with Crippen molar-refractivity contribution in [2.45, 2.75) is 44.0 Å². The van der Waals surface area contributed by atoms with Crippen molar-refractivity contribution in [2.24, 2.45) is 5.92 Å². The van der Waals surface area contributed by atoms with Gasteiger partial charge in [0.15, 0.2) is 11.5 Å². The third kappa shape index (κ3) is 5.64. The lowest BCUT2D eigenvalue weighted by molar-refractivity contribution is -0.132. The maximum atomic E-state index is 13.2. The Kier molecular flexibility index (Phi) is 8.46. The normalized spacial score (nSPS) is 22.7. The number of thioether (sulfide) groups is 1. The minimum atomic E-state index is -0.113. The third-order valence-corrected chi connectivity index (χ3v) is 8.26. The second kappa shape index (κ2) is 11.7. The van der Waals surface area contributed by atoms with E-state index in [4.69, 9.17) is 14.2 Å². The van der Waals surface area contributed by atoms with Gasteiger partial charge in [0.25, 0.3) is 5.91 Å². The highest BCUT2D eigenvalue weighted by Gasteiger charge is 2.42. The van der Waals surface area contributed by atoms with Crippen molar-refractivity contribution in [3.8, 4) is 17.2 Å². The van der Waals surface area contributed by atoms with E-state index in [9.17, 15) is 9.59 Å². The number of hydrogen-bond acceptors (Lipinski definition) is 6. The van der Waals surface area contributed by atoms with Crippen LogP contribution in [0.15, 0.2) is 47.4 Å². The van der Waals surface area contributed by atoms with Gasteiger partial charge >= 0.3 is 0 Å². The summed E-state index contributed by atoms with van der Waals surface area (Å²) in [5.74, 6) is 2.00. The van der Waals surface area contributed by atoms with Crippen LogP contribution in [0.1, 0.15) is 37.3 Å². The van der Waals surface area contributed by atoms with E-state index < -0.39 is 0 Å². The molecule has 3 atom stereocenters. The van der Waals surface area contributed by atoms with E-state index in [-0.39, 0.29) is 29.0 Å². The Morgan fingerprint density at radius 3 is 2.64 bits per heavy atom. The molecular formula is C28H34N2O5S. The maximum absolute atomic E-state index is 13.2. The fourth-order valence-corrected chi connectivity index (χ4v) is 6.39. The number of amides is 2. The van der Waals surface area contributed by atoms with E-state index in [1.807, 2.05) is 67.4 Å². The zero-order valence-electron chi connectivity index (χ0n) is 21.3. The van der Waals surface area contributed by atoms with E-state index in [2.05, 4.69) is 5.32 Å². The number of nitrogens with one attached hydrogen (secondary N) is 1. The Morgan fingerprint density at radius 2 is 1.89 bits per heavy atom. The Hall–Kier alpha value is -3.13. The van der Waals surface area contributed by atoms with Crippen LogP contribution in [0.2, 0.25) is 0 Å². The molecule has 0 aromatic heterocycles. The minimum Gasteiger partial charge on any atom is -0.496 e. The summed E-state index contributed by atoms with van der Waals surface area (Å²) >= 11 is 1.63. The fourth-order valence-electron chi connectivity index (χ4n) is 4.91. The SMILES string of the molecule is CCOc1ccc(/C=C2/SC3CCC(C(=O)NCc4ccccc4OC)CC3N(C)C2=O)cc1OC. The van der Waals surface area contributed by atoms with Crippen LogP contribution in [0.3, 0.4) is 0 Å². The van der Waals surface area contributed by atoms with Gasteiger partial charge in [0.2, 0.25) is 5.91 Å². The first-order valence-electron chi connectivity index (χ1n) is 12.3. The predicted octanol–water partition coefficient (Wildman–Crippen LogP) is 4.50. The molecule has 3 unspecified atom stereocenters. The molecule has 0 radical (unpaired) electrons. The number of likely N-dealkylation sites (N-methyl/N-ethyl adjacent to an activating group) is 1. The maximum Gasteiger partial charge on any atom is 0.260 e. The zero-order valence-corrected chi connectivity index (χ0v) is 22.1. The molecule has 2 amide bonds. The molecule has 1 N–H and O–H groups in total. The number of benzene rings is 2. The third-order valence-electron chi connectivity index (χ3n) is 6.86. The number of carbonyl (C=O) groups is 2. The zero-order chi connectivity index (χ0) is 25.7. The van der Waals surface area contributed by atoms with Gasteiger partial charge in [0.1, 0.15) is 5.75 Å². The Labute approximate surface area is 217 Å². The summed E-state index contributed by atoms with van der Waals surface area (Å²) in [5, 5.41) is 3.33. The highest BCUT2D eigenvalue weighted by Crippen LogP contribution is 2.43. The highest BCUT2D eigenvalue weighted by molar-refractivity contribution is 8.04. The minimum absolute atomic E-state index is 0.0100. The molecule has 1 aliphatic heterocycles. The summed E-state index contributed by atoms with van der Waals surface area (Å²) in [4.78, 5) is 28.7. The monoisotopic (exact) mass is 510 g/mol. The number of rotatable bonds is 8. The molecule has 2 aliphatic rings. The van der Waals surface area contributed by atoms with Crippen LogP contribution < -0.4 is 19.5 Å². The molecule has 4 rings (SSSR count). The average Bonchev–Trinajstić information content (AvgIpc) is 2.91. The van der Waals surface area contributed by atoms with E-state index in [0.717, 1.165) is 29.7 Å². The van der Waals surface area contributed by atoms with E-state index >= 15 is 0 Å². The van der Waals surface area contributed by atoms with Gasteiger partial charge in [-0.2, -0.15) is 0 Å². The molecule has 1 saturated carbocycles. The van der Waals surface area contributed by atoms with Gasteiger partial charge in [0, 0.05) is 36.4 Å². The lowest BCUT2D eigenvalue weighted by atomic mass is 9.83. The van der Waals surface area contributed by atoms with Crippen molar-refractivity contribution in [1.29, 1.82) is 0 Å². The first-order valence-corrected chi connectivity index (χ1v) is 13.2. The lowest BCUT2D eigenvalue weighted by Crippen LogP contribution is -2.52. The van der Waals surface area contributed by atoms with Gasteiger partial charge in [-0.15, -0.1) is 11.8 Å². The topological polar surface area (TPSA) is 77.1 Å². The second-order valence-corrected chi connectivity index (χ2v) is 10.3. The van der Waals surface area contributed by atoms with Gasteiger partial charge in [-0.3, -0.25) is 9.59 Å². The molecule has 7 nitrogen and oxygen atoms in total. The molecule has 36 heavy (non-hydrogen) atoms. The molecule has 2 aromatic rings. The summed E-state index contributed by atoms with van der Waals surface area (Å²) < 4.78 is 16.4. The smallest absolute Gasteiger partial charge is 0.260 e. The predicted molar refractivity (Wildman–Crippen MR) is 142 cm³/mol. The summed E-state index contributed by atoms with van der Waals surface area (Å²) in [6.45, 7) is 2.91. The van der Waals surface area contributed by atoms with Crippen molar-refractivity contribution in [3.63, 3.8) is 0 Å². The summed E-state index contributed by atoms with van der Waals surface area (Å²) in [7, 11) is 5.09. The first kappa shape index (κ1) is 25.9. The number of fused-ring (bicyclic) bond motifs is 1. The largest absolute Gasteiger partial charge is 0.496 e. The van der Waals surface area contributed by atoms with Crippen LogP contribution in [0.5, 0.6) is 17.2 Å². The molecule has 1 aliphatic carbocycles. The van der Waals surface area contributed by atoms with E-state index in [0.29, 0.717) is 36.0 Å². The molecule has 2 aromatic carbocycles. The van der Waals surface area contributed by atoms with Crippen LogP contribution in [-0.4, -0.2) is 55.9 Å². The molecule has 192 valence electrons. The van der Waals surface area contributed by atoms with E-state index in [1.54, 1.807) is 26.0 Å². The van der Waals surface area contributed by atoms with Gasteiger partial charge in [-0.1, -0.05) is 24.3 Å². The Balaban J connectivity index is 1.41. The summed E-state index contributed by atoms with van der Waals surface area (Å²) in [6.07, 6.45) is 4.27. The molecule has 1 heterocycles. The Morgan fingerprint density at radius 1 is 1.11 bits per heavy atom. The summed E-state index contributed by atoms with van der Waals surface area (Å²) in [6, 6.07) is 13.4. The van der Waals surface area contributed by atoms with Gasteiger partial charge in [0.05, 0.1) is 25.7 Å². The molecule has 0 bridgehead atoms. The quantitative estimate of drug-likeness (QED) is 0.527. The van der Waals surface area contributed by atoms with Crippen molar-refractivity contribution in [2.75, 3.05) is 27.9 Å². The molecule has 8 heteroatoms. The molecule has 0 spiro atoms. The van der Waals surface area contributed by atoms with Crippen LogP contribution in [0.4, 0.5) is 0 Å². The van der Waals surface area contributed by atoms with Gasteiger partial charge in [-0.25, -0.2) is 0 Å². The average molecular weight is 511 g/mol. The van der Waals surface area contributed by atoms with Crippen LogP contribution >= 0.6 is 11.8 Å². The van der Waals surface area contributed by atoms with E-state index in [1.165, 1.54) is 0 Å². The Bertz CT molecular complexity index is 1130. The number of hydrogen-bond donors (Lipinski definition) is 1. The number of carbonyl (C=O) groups excluding carboxylic acids is 2. The molecule has 2 fully saturated rings.